The van der Waals surface area contributed by atoms with Crippen LogP contribution in [0.2, 0.25) is 0 Å². The number of hydrogen-bond donors (Lipinski definition) is 0. The van der Waals surface area contributed by atoms with E-state index in [2.05, 4.69) is 16.0 Å². The molecule has 0 radical (unpaired) electrons. The maximum atomic E-state index is 13.0. The largest absolute Gasteiger partial charge is 0.493 e. The van der Waals surface area contributed by atoms with Crippen LogP contribution in [-0.2, 0) is 4.79 Å². The van der Waals surface area contributed by atoms with Gasteiger partial charge in [0.15, 0.2) is 0 Å². The lowest BCUT2D eigenvalue weighted by Gasteiger charge is -2.36. The van der Waals surface area contributed by atoms with Crippen LogP contribution in [0.15, 0.2) is 35.8 Å². The molecule has 2 aromatic rings. The van der Waals surface area contributed by atoms with Crippen molar-refractivity contribution in [2.45, 2.75) is 44.1 Å². The molecular formula is C19H22N2O2S. The second kappa shape index (κ2) is 6.93. The predicted molar refractivity (Wildman–Crippen MR) is 94.3 cm³/mol. The third kappa shape index (κ3) is 3.05. The van der Waals surface area contributed by atoms with Gasteiger partial charge in [-0.15, -0.1) is 11.3 Å². The molecule has 5 heteroatoms. The molecule has 2 unspecified atom stereocenters. The summed E-state index contributed by atoms with van der Waals surface area (Å²) in [6.07, 6.45) is 6.63. The van der Waals surface area contributed by atoms with E-state index in [1.54, 1.807) is 11.3 Å². The Labute approximate surface area is 146 Å². The van der Waals surface area contributed by atoms with E-state index in [1.165, 1.54) is 12.0 Å². The molecule has 24 heavy (non-hydrogen) atoms. The molecule has 1 aromatic heterocycles. The van der Waals surface area contributed by atoms with Crippen molar-refractivity contribution in [2.75, 3.05) is 13.2 Å². The summed E-state index contributed by atoms with van der Waals surface area (Å²) in [5.41, 5.74) is 1.18. The molecule has 4 nitrogen and oxygen atoms in total. The third-order valence-corrected chi connectivity index (χ3v) is 5.94. The highest BCUT2D eigenvalue weighted by Crippen LogP contribution is 2.38. The molecule has 2 aliphatic rings. The fourth-order valence-electron chi connectivity index (χ4n) is 3.84. The Balaban J connectivity index is 1.51. The van der Waals surface area contributed by atoms with Crippen molar-refractivity contribution in [3.8, 4) is 5.75 Å². The van der Waals surface area contributed by atoms with E-state index in [0.717, 1.165) is 36.6 Å². The molecule has 1 saturated heterocycles. The number of aromatic nitrogens is 1. The van der Waals surface area contributed by atoms with E-state index >= 15 is 0 Å². The minimum absolute atomic E-state index is 0.168. The van der Waals surface area contributed by atoms with Crippen molar-refractivity contribution >= 4 is 17.2 Å². The molecule has 3 heterocycles. The van der Waals surface area contributed by atoms with Gasteiger partial charge in [-0.2, -0.15) is 0 Å². The summed E-state index contributed by atoms with van der Waals surface area (Å²) in [7, 11) is 0. The number of thiazole rings is 1. The SMILES string of the molecule is O=C(CC1CCOc2ccccc21)N1CCCCC1c1nccs1. The first-order chi connectivity index (χ1) is 11.8. The van der Waals surface area contributed by atoms with Crippen LogP contribution in [0.5, 0.6) is 5.75 Å². The standard InChI is InChI=1S/C19H22N2O2S/c22-18(13-14-8-11-23-17-7-2-1-5-15(14)17)21-10-4-3-6-16(21)19-20-9-12-24-19/h1-2,5,7,9,12,14,16H,3-4,6,8,10-11,13H2. The summed E-state index contributed by atoms with van der Waals surface area (Å²) in [5, 5.41) is 3.08. The van der Waals surface area contributed by atoms with Crippen molar-refractivity contribution in [2.24, 2.45) is 0 Å². The van der Waals surface area contributed by atoms with E-state index in [9.17, 15) is 4.79 Å². The summed E-state index contributed by atoms with van der Waals surface area (Å²) in [6.45, 7) is 1.55. The number of nitrogens with zero attached hydrogens (tertiary/aromatic N) is 2. The lowest BCUT2D eigenvalue weighted by Crippen LogP contribution is -2.39. The second-order valence-corrected chi connectivity index (χ2v) is 7.47. The van der Waals surface area contributed by atoms with Crippen molar-refractivity contribution in [3.63, 3.8) is 0 Å². The topological polar surface area (TPSA) is 42.4 Å². The number of likely N-dealkylation sites (tertiary alicyclic amines) is 1. The van der Waals surface area contributed by atoms with Crippen molar-refractivity contribution in [3.05, 3.63) is 46.4 Å². The summed E-state index contributed by atoms with van der Waals surface area (Å²) in [5.74, 6) is 1.47. The average molecular weight is 342 g/mol. The van der Waals surface area contributed by atoms with Gasteiger partial charge in [0.1, 0.15) is 10.8 Å². The highest BCUT2D eigenvalue weighted by atomic mass is 32.1. The normalized spacial score (nSPS) is 23.4. The van der Waals surface area contributed by atoms with E-state index in [-0.39, 0.29) is 17.9 Å². The van der Waals surface area contributed by atoms with Crippen LogP contribution >= 0.6 is 11.3 Å². The Kier molecular flexibility index (Phi) is 4.52. The number of hydrogen-bond acceptors (Lipinski definition) is 4. The number of para-hydroxylation sites is 1. The Bertz CT molecular complexity index is 701. The zero-order chi connectivity index (χ0) is 16.4. The Morgan fingerprint density at radius 2 is 2.21 bits per heavy atom. The molecule has 1 fully saturated rings. The highest BCUT2D eigenvalue weighted by Gasteiger charge is 2.32. The van der Waals surface area contributed by atoms with Gasteiger partial charge in [0, 0.05) is 24.5 Å². The summed E-state index contributed by atoms with van der Waals surface area (Å²) < 4.78 is 5.73. The summed E-state index contributed by atoms with van der Waals surface area (Å²) in [6, 6.07) is 8.30. The lowest BCUT2D eigenvalue weighted by molar-refractivity contribution is -0.135. The van der Waals surface area contributed by atoms with Gasteiger partial charge < -0.3 is 9.64 Å². The number of carbonyl (C=O) groups excluding carboxylic acids is 1. The van der Waals surface area contributed by atoms with Gasteiger partial charge in [-0.25, -0.2) is 4.98 Å². The van der Waals surface area contributed by atoms with Crippen LogP contribution < -0.4 is 4.74 Å². The molecule has 1 aromatic carbocycles. The molecule has 2 atom stereocenters. The number of piperidine rings is 1. The van der Waals surface area contributed by atoms with Crippen LogP contribution in [0, 0.1) is 0 Å². The van der Waals surface area contributed by atoms with E-state index in [0.29, 0.717) is 13.0 Å². The number of benzene rings is 1. The fourth-order valence-corrected chi connectivity index (χ4v) is 4.63. The van der Waals surface area contributed by atoms with Crippen molar-refractivity contribution in [1.29, 1.82) is 0 Å². The molecular weight excluding hydrogens is 320 g/mol. The maximum Gasteiger partial charge on any atom is 0.223 e. The molecule has 0 N–H and O–H groups in total. The molecule has 4 rings (SSSR count). The Morgan fingerprint density at radius 3 is 3.08 bits per heavy atom. The molecule has 0 saturated carbocycles. The number of fused-ring (bicyclic) bond motifs is 1. The van der Waals surface area contributed by atoms with Gasteiger partial charge >= 0.3 is 0 Å². The number of ether oxygens (including phenoxy) is 1. The van der Waals surface area contributed by atoms with Gasteiger partial charge in [-0.05, 0) is 43.2 Å². The molecule has 2 aliphatic heterocycles. The van der Waals surface area contributed by atoms with Gasteiger partial charge in [-0.1, -0.05) is 18.2 Å². The van der Waals surface area contributed by atoms with Crippen LogP contribution in [0.1, 0.15) is 54.6 Å². The van der Waals surface area contributed by atoms with Gasteiger partial charge in [-0.3, -0.25) is 4.79 Å². The monoisotopic (exact) mass is 342 g/mol. The smallest absolute Gasteiger partial charge is 0.223 e. The molecule has 1 amide bonds. The molecule has 0 aliphatic carbocycles. The minimum Gasteiger partial charge on any atom is -0.493 e. The molecule has 126 valence electrons. The number of rotatable bonds is 3. The van der Waals surface area contributed by atoms with Crippen LogP contribution in [0.3, 0.4) is 0 Å². The van der Waals surface area contributed by atoms with Crippen molar-refractivity contribution < 1.29 is 9.53 Å². The summed E-state index contributed by atoms with van der Waals surface area (Å²) in [4.78, 5) is 19.6. The first-order valence-electron chi connectivity index (χ1n) is 8.73. The minimum atomic E-state index is 0.168. The van der Waals surface area contributed by atoms with E-state index < -0.39 is 0 Å². The molecule has 0 bridgehead atoms. The van der Waals surface area contributed by atoms with Gasteiger partial charge in [0.05, 0.1) is 12.6 Å². The predicted octanol–water partition coefficient (Wildman–Crippen LogP) is 4.15. The summed E-state index contributed by atoms with van der Waals surface area (Å²) >= 11 is 1.66. The van der Waals surface area contributed by atoms with E-state index in [1.807, 2.05) is 29.8 Å². The Hall–Kier alpha value is -1.88. The van der Waals surface area contributed by atoms with Crippen LogP contribution in [-0.4, -0.2) is 28.9 Å². The van der Waals surface area contributed by atoms with Gasteiger partial charge in [0.25, 0.3) is 0 Å². The number of amides is 1. The van der Waals surface area contributed by atoms with Gasteiger partial charge in [0.2, 0.25) is 5.91 Å². The quantitative estimate of drug-likeness (QED) is 0.841. The van der Waals surface area contributed by atoms with Crippen molar-refractivity contribution in [1.82, 2.24) is 9.88 Å². The van der Waals surface area contributed by atoms with E-state index in [4.69, 9.17) is 4.74 Å². The Morgan fingerprint density at radius 1 is 1.29 bits per heavy atom. The first kappa shape index (κ1) is 15.6. The van der Waals surface area contributed by atoms with Crippen LogP contribution in [0.25, 0.3) is 0 Å². The van der Waals surface area contributed by atoms with Crippen LogP contribution in [0.4, 0.5) is 0 Å². The second-order valence-electron chi connectivity index (χ2n) is 6.55. The third-order valence-electron chi connectivity index (χ3n) is 5.06. The lowest BCUT2D eigenvalue weighted by atomic mass is 9.89. The zero-order valence-corrected chi connectivity index (χ0v) is 14.5. The number of carbonyl (C=O) groups is 1. The molecule has 0 spiro atoms. The fraction of sp³-hybridized carbons (Fsp3) is 0.474. The highest BCUT2D eigenvalue weighted by molar-refractivity contribution is 7.09. The first-order valence-corrected chi connectivity index (χ1v) is 9.61. The maximum absolute atomic E-state index is 13.0. The average Bonchev–Trinajstić information content (AvgIpc) is 3.16. The zero-order valence-electron chi connectivity index (χ0n) is 13.7.